The molecule has 192 valence electrons. The van der Waals surface area contributed by atoms with Gasteiger partial charge in [-0.1, -0.05) is 44.5 Å². The first kappa shape index (κ1) is 26.2. The fourth-order valence-electron chi connectivity index (χ4n) is 4.73. The second-order valence-electron chi connectivity index (χ2n) is 10.2. The molecule has 3 aromatic rings. The molecule has 1 aliphatic heterocycles. The molecule has 3 heterocycles. The zero-order valence-electron chi connectivity index (χ0n) is 21.8. The number of piperidine rings is 1. The van der Waals surface area contributed by atoms with Crippen molar-refractivity contribution < 1.29 is 13.9 Å². The topological polar surface area (TPSA) is 47.5 Å². The molecule has 2 aromatic heterocycles. The summed E-state index contributed by atoms with van der Waals surface area (Å²) in [4.78, 5) is 11.4. The van der Waals surface area contributed by atoms with Crippen molar-refractivity contribution in [3.63, 3.8) is 0 Å². The van der Waals surface area contributed by atoms with Crippen molar-refractivity contribution in [2.45, 2.75) is 53.9 Å². The number of pyridine rings is 2. The smallest absolute Gasteiger partial charge is 0.250 e. The van der Waals surface area contributed by atoms with Gasteiger partial charge in [0.05, 0.1) is 10.7 Å². The summed E-state index contributed by atoms with van der Waals surface area (Å²) >= 11 is 6.19. The van der Waals surface area contributed by atoms with Crippen LogP contribution in [0.3, 0.4) is 0 Å². The molecule has 1 fully saturated rings. The summed E-state index contributed by atoms with van der Waals surface area (Å²) in [5.41, 5.74) is 6.26. The number of halogens is 2. The molecule has 0 spiro atoms. The highest BCUT2D eigenvalue weighted by atomic mass is 35.5. The average Bonchev–Trinajstić information content (AvgIpc) is 2.84. The van der Waals surface area contributed by atoms with Gasteiger partial charge in [0.25, 0.3) is 5.88 Å². The third-order valence-electron chi connectivity index (χ3n) is 7.00. The SMILES string of the molecule is CCc1c(C)ncc(-c2cnc(OCCOc3c(C)cccc3Cl)c(F)c2)c1N1CCC(C)(C)CC1. The maximum Gasteiger partial charge on any atom is 0.250 e. The third-order valence-corrected chi connectivity index (χ3v) is 7.30. The van der Waals surface area contributed by atoms with Crippen molar-refractivity contribution in [1.29, 1.82) is 0 Å². The van der Waals surface area contributed by atoms with Crippen LogP contribution in [0.15, 0.2) is 36.7 Å². The van der Waals surface area contributed by atoms with E-state index < -0.39 is 5.82 Å². The van der Waals surface area contributed by atoms with Gasteiger partial charge in [-0.3, -0.25) is 4.98 Å². The van der Waals surface area contributed by atoms with Crippen molar-refractivity contribution in [3.05, 3.63) is 64.3 Å². The molecule has 0 N–H and O–H groups in total. The number of hydrogen-bond donors (Lipinski definition) is 0. The van der Waals surface area contributed by atoms with Gasteiger partial charge in [-0.15, -0.1) is 0 Å². The van der Waals surface area contributed by atoms with E-state index in [1.807, 2.05) is 32.2 Å². The van der Waals surface area contributed by atoms with Gasteiger partial charge < -0.3 is 14.4 Å². The van der Waals surface area contributed by atoms with Crippen LogP contribution >= 0.6 is 11.6 Å². The molecule has 0 amide bonds. The van der Waals surface area contributed by atoms with Crippen molar-refractivity contribution in [3.8, 4) is 22.8 Å². The Morgan fingerprint density at radius 3 is 2.44 bits per heavy atom. The van der Waals surface area contributed by atoms with Gasteiger partial charge in [-0.2, -0.15) is 0 Å². The average molecular weight is 512 g/mol. The number of anilines is 1. The number of aromatic nitrogens is 2. The highest BCUT2D eigenvalue weighted by molar-refractivity contribution is 6.32. The number of hydrogen-bond acceptors (Lipinski definition) is 5. The fraction of sp³-hybridized carbons (Fsp3) is 0.448. The summed E-state index contributed by atoms with van der Waals surface area (Å²) in [5, 5.41) is 0.537. The van der Waals surface area contributed by atoms with Crippen molar-refractivity contribution in [2.24, 2.45) is 5.41 Å². The number of ether oxygens (including phenoxy) is 2. The van der Waals surface area contributed by atoms with E-state index in [-0.39, 0.29) is 19.1 Å². The minimum absolute atomic E-state index is 0.0460. The lowest BCUT2D eigenvalue weighted by Crippen LogP contribution is -2.38. The first-order valence-corrected chi connectivity index (χ1v) is 13.0. The molecule has 5 nitrogen and oxygen atoms in total. The van der Waals surface area contributed by atoms with Crippen LogP contribution in [0.25, 0.3) is 11.1 Å². The number of nitrogens with zero attached hydrogens (tertiary/aromatic N) is 3. The summed E-state index contributed by atoms with van der Waals surface area (Å²) in [5.74, 6) is 0.0554. The van der Waals surface area contributed by atoms with E-state index in [1.54, 1.807) is 12.3 Å². The first-order valence-electron chi connectivity index (χ1n) is 12.6. The van der Waals surface area contributed by atoms with Crippen LogP contribution in [0, 0.1) is 25.1 Å². The van der Waals surface area contributed by atoms with Crippen molar-refractivity contribution in [1.82, 2.24) is 9.97 Å². The Bertz CT molecular complexity index is 1200. The van der Waals surface area contributed by atoms with Gasteiger partial charge in [0.2, 0.25) is 0 Å². The van der Waals surface area contributed by atoms with Crippen LogP contribution in [-0.2, 0) is 6.42 Å². The van der Waals surface area contributed by atoms with E-state index in [9.17, 15) is 0 Å². The molecule has 0 unspecified atom stereocenters. The molecular weight excluding hydrogens is 477 g/mol. The van der Waals surface area contributed by atoms with Gasteiger partial charge >= 0.3 is 0 Å². The molecule has 36 heavy (non-hydrogen) atoms. The van der Waals surface area contributed by atoms with Gasteiger partial charge in [0.15, 0.2) is 5.82 Å². The molecule has 1 saturated heterocycles. The maximum absolute atomic E-state index is 15.1. The number of benzene rings is 1. The van der Waals surface area contributed by atoms with E-state index in [0.717, 1.165) is 54.9 Å². The summed E-state index contributed by atoms with van der Waals surface area (Å²) in [6, 6.07) is 7.05. The van der Waals surface area contributed by atoms with Crippen molar-refractivity contribution >= 4 is 17.3 Å². The molecular formula is C29H35ClFN3O2. The molecule has 0 atom stereocenters. The van der Waals surface area contributed by atoms with E-state index in [2.05, 4.69) is 35.6 Å². The van der Waals surface area contributed by atoms with E-state index in [0.29, 0.717) is 21.8 Å². The Kier molecular flexibility index (Phi) is 8.04. The molecule has 4 rings (SSSR count). The number of rotatable bonds is 8. The van der Waals surface area contributed by atoms with Crippen LogP contribution in [0.1, 0.15) is 50.4 Å². The number of para-hydroxylation sites is 1. The van der Waals surface area contributed by atoms with E-state index in [4.69, 9.17) is 21.1 Å². The van der Waals surface area contributed by atoms with Crippen LogP contribution in [-0.4, -0.2) is 36.3 Å². The van der Waals surface area contributed by atoms with Gasteiger partial charge in [0.1, 0.15) is 19.0 Å². The highest BCUT2D eigenvalue weighted by Gasteiger charge is 2.28. The molecule has 0 aliphatic carbocycles. The predicted octanol–water partition coefficient (Wildman–Crippen LogP) is 7.20. The Morgan fingerprint density at radius 1 is 1.06 bits per heavy atom. The van der Waals surface area contributed by atoms with E-state index in [1.165, 1.54) is 11.6 Å². The lowest BCUT2D eigenvalue weighted by atomic mass is 9.82. The molecule has 0 saturated carbocycles. The molecule has 1 aliphatic rings. The largest absolute Gasteiger partial charge is 0.488 e. The Balaban J connectivity index is 1.52. The van der Waals surface area contributed by atoms with Gasteiger partial charge in [-0.05, 0) is 61.8 Å². The minimum Gasteiger partial charge on any atom is -0.488 e. The lowest BCUT2D eigenvalue weighted by Gasteiger charge is -2.40. The monoisotopic (exact) mass is 511 g/mol. The predicted molar refractivity (Wildman–Crippen MR) is 144 cm³/mol. The van der Waals surface area contributed by atoms with Crippen LogP contribution in [0.4, 0.5) is 10.1 Å². The standard InChI is InChI=1S/C29H35ClFN3O2/c1-6-22-20(3)32-18-23(26(22)34-12-10-29(4,5)11-13-34)21-16-25(31)28(33-17-21)36-15-14-35-27-19(2)8-7-9-24(27)30/h7-9,16-18H,6,10-15H2,1-5H3. The zero-order valence-corrected chi connectivity index (χ0v) is 22.6. The second-order valence-corrected chi connectivity index (χ2v) is 10.6. The van der Waals surface area contributed by atoms with Crippen LogP contribution in [0.2, 0.25) is 5.02 Å². The molecule has 1 aromatic carbocycles. The van der Waals surface area contributed by atoms with Crippen LogP contribution in [0.5, 0.6) is 11.6 Å². The van der Waals surface area contributed by atoms with Gasteiger partial charge in [0, 0.05) is 42.3 Å². The van der Waals surface area contributed by atoms with Gasteiger partial charge in [-0.25, -0.2) is 9.37 Å². The summed E-state index contributed by atoms with van der Waals surface area (Å²) in [7, 11) is 0. The third kappa shape index (κ3) is 5.75. The molecule has 0 bridgehead atoms. The summed E-state index contributed by atoms with van der Waals surface area (Å²) in [6.45, 7) is 13.1. The van der Waals surface area contributed by atoms with Crippen molar-refractivity contribution in [2.75, 3.05) is 31.2 Å². The maximum atomic E-state index is 15.1. The Hall–Kier alpha value is -2.86. The highest BCUT2D eigenvalue weighted by Crippen LogP contribution is 2.40. The zero-order chi connectivity index (χ0) is 25.9. The van der Waals surface area contributed by atoms with Crippen LogP contribution < -0.4 is 14.4 Å². The summed E-state index contributed by atoms with van der Waals surface area (Å²) in [6.07, 6.45) is 6.61. The second kappa shape index (κ2) is 11.0. The number of aryl methyl sites for hydroxylation is 2. The first-order chi connectivity index (χ1) is 17.2. The van der Waals surface area contributed by atoms with E-state index >= 15 is 4.39 Å². The quantitative estimate of drug-likeness (QED) is 0.299. The Morgan fingerprint density at radius 2 is 1.78 bits per heavy atom. The fourth-order valence-corrected chi connectivity index (χ4v) is 5.00. The lowest BCUT2D eigenvalue weighted by molar-refractivity contribution is 0.205. The molecule has 0 radical (unpaired) electrons. The normalized spacial score (nSPS) is 15.1. The minimum atomic E-state index is -0.509. The molecule has 7 heteroatoms. The summed E-state index contributed by atoms with van der Waals surface area (Å²) < 4.78 is 26.4. The Labute approximate surface area is 218 Å².